The minimum absolute atomic E-state index is 0.164. The van der Waals surface area contributed by atoms with E-state index in [9.17, 15) is 27.2 Å². The third kappa shape index (κ3) is 4.73. The Bertz CT molecular complexity index is 998. The molecule has 0 saturated carbocycles. The highest BCUT2D eigenvalue weighted by atomic mass is 35.5. The van der Waals surface area contributed by atoms with Crippen molar-refractivity contribution in [1.29, 1.82) is 0 Å². The normalized spacial score (nSPS) is 17.8. The minimum Gasteiger partial charge on any atom is -0.353 e. The van der Waals surface area contributed by atoms with E-state index in [0.29, 0.717) is 6.92 Å². The molecule has 2 heterocycles. The quantitative estimate of drug-likeness (QED) is 0.541. The Morgan fingerprint density at radius 2 is 2.03 bits per heavy atom. The molecule has 2 atom stereocenters. The molecule has 2 unspecified atom stereocenters. The summed E-state index contributed by atoms with van der Waals surface area (Å²) in [5, 5.41) is 4.42. The average Bonchev–Trinajstić information content (AvgIpc) is 2.72. The molecular formula is C20H19ClF4N4O2. The standard InChI is InChI=1S/C20H19ClF4N4O2/c1-10-18(30)26-7-8-29(10)19(31)28-17(12-4-5-13(22)15(21)16(12)23)11-3-6-14(27-9-11)20(2,24)25/h3-6,9-10,17H,7-8H2,1-2H3,(H,26,30)(H,28,31). The molecule has 6 nitrogen and oxygen atoms in total. The number of nitrogens with one attached hydrogen (secondary N) is 2. The molecule has 1 aromatic carbocycles. The minimum atomic E-state index is -3.20. The van der Waals surface area contributed by atoms with E-state index in [1.807, 2.05) is 0 Å². The van der Waals surface area contributed by atoms with Gasteiger partial charge in [0.05, 0.1) is 6.04 Å². The van der Waals surface area contributed by atoms with Crippen LogP contribution in [-0.2, 0) is 10.7 Å². The van der Waals surface area contributed by atoms with Crippen LogP contribution in [0, 0.1) is 11.6 Å². The predicted octanol–water partition coefficient (Wildman–Crippen LogP) is 3.74. The van der Waals surface area contributed by atoms with E-state index >= 15 is 0 Å². The van der Waals surface area contributed by atoms with Crippen molar-refractivity contribution in [2.24, 2.45) is 0 Å². The van der Waals surface area contributed by atoms with E-state index in [4.69, 9.17) is 11.6 Å². The Labute approximate surface area is 180 Å². The number of hydrogen-bond acceptors (Lipinski definition) is 3. The summed E-state index contributed by atoms with van der Waals surface area (Å²) in [5.74, 6) is -5.65. The summed E-state index contributed by atoms with van der Waals surface area (Å²) in [6.07, 6.45) is 1.07. The number of piperazine rings is 1. The molecule has 166 valence electrons. The number of alkyl halides is 2. The van der Waals surface area contributed by atoms with Crippen LogP contribution in [0.4, 0.5) is 22.4 Å². The molecule has 1 aliphatic heterocycles. The van der Waals surface area contributed by atoms with Crippen LogP contribution in [0.5, 0.6) is 0 Å². The van der Waals surface area contributed by atoms with Crippen LogP contribution in [0.15, 0.2) is 30.5 Å². The van der Waals surface area contributed by atoms with Gasteiger partial charge in [-0.1, -0.05) is 23.7 Å². The molecule has 1 aliphatic rings. The van der Waals surface area contributed by atoms with Crippen LogP contribution in [-0.4, -0.2) is 41.0 Å². The molecule has 3 rings (SSSR count). The first kappa shape index (κ1) is 22.8. The number of hydrogen-bond donors (Lipinski definition) is 2. The molecular weight excluding hydrogens is 440 g/mol. The first-order valence-electron chi connectivity index (χ1n) is 9.33. The number of aromatic nitrogens is 1. The maximum Gasteiger partial charge on any atom is 0.318 e. The van der Waals surface area contributed by atoms with Crippen LogP contribution < -0.4 is 10.6 Å². The number of carbonyl (C=O) groups is 2. The molecule has 1 saturated heterocycles. The fraction of sp³-hybridized carbons (Fsp3) is 0.350. The molecule has 2 aromatic rings. The van der Waals surface area contributed by atoms with Gasteiger partial charge in [0.15, 0.2) is 0 Å². The summed E-state index contributed by atoms with van der Waals surface area (Å²) < 4.78 is 55.4. The lowest BCUT2D eigenvalue weighted by molar-refractivity contribution is -0.126. The number of pyridine rings is 1. The summed E-state index contributed by atoms with van der Waals surface area (Å²) in [4.78, 5) is 29.7. The summed E-state index contributed by atoms with van der Waals surface area (Å²) in [6.45, 7) is 2.64. The number of nitrogens with zero attached hydrogens (tertiary/aromatic N) is 2. The summed E-state index contributed by atoms with van der Waals surface area (Å²) in [5.41, 5.74) is -0.538. The molecule has 0 aliphatic carbocycles. The van der Waals surface area contributed by atoms with E-state index in [2.05, 4.69) is 15.6 Å². The van der Waals surface area contributed by atoms with Crippen molar-refractivity contribution in [2.45, 2.75) is 31.9 Å². The second kappa shape index (κ2) is 8.70. The fourth-order valence-electron chi connectivity index (χ4n) is 3.21. The van der Waals surface area contributed by atoms with Gasteiger partial charge in [-0.25, -0.2) is 13.6 Å². The lowest BCUT2D eigenvalue weighted by Crippen LogP contribution is -2.58. The maximum atomic E-state index is 14.8. The molecule has 11 heteroatoms. The van der Waals surface area contributed by atoms with Gasteiger partial charge in [0.25, 0.3) is 5.92 Å². The second-order valence-electron chi connectivity index (χ2n) is 7.17. The van der Waals surface area contributed by atoms with E-state index in [1.165, 1.54) is 17.9 Å². The molecule has 0 spiro atoms. The first-order valence-corrected chi connectivity index (χ1v) is 9.71. The third-order valence-corrected chi connectivity index (χ3v) is 5.32. The van der Waals surface area contributed by atoms with Crippen molar-refractivity contribution in [2.75, 3.05) is 13.1 Å². The Morgan fingerprint density at radius 1 is 1.32 bits per heavy atom. The van der Waals surface area contributed by atoms with E-state index < -0.39 is 46.4 Å². The lowest BCUT2D eigenvalue weighted by atomic mass is 9.98. The van der Waals surface area contributed by atoms with Crippen molar-refractivity contribution in [1.82, 2.24) is 20.5 Å². The van der Waals surface area contributed by atoms with Gasteiger partial charge in [-0.3, -0.25) is 9.78 Å². The van der Waals surface area contributed by atoms with E-state index in [1.54, 1.807) is 0 Å². The van der Waals surface area contributed by atoms with Crippen molar-refractivity contribution >= 4 is 23.5 Å². The van der Waals surface area contributed by atoms with Gasteiger partial charge in [-0.15, -0.1) is 0 Å². The van der Waals surface area contributed by atoms with E-state index in [0.717, 1.165) is 24.4 Å². The summed E-state index contributed by atoms with van der Waals surface area (Å²) >= 11 is 5.69. The number of amides is 3. The zero-order valence-corrected chi connectivity index (χ0v) is 17.3. The number of carbonyl (C=O) groups excluding carboxylic acids is 2. The van der Waals surface area contributed by atoms with Crippen LogP contribution >= 0.6 is 11.6 Å². The van der Waals surface area contributed by atoms with Gasteiger partial charge in [-0.05, 0) is 24.6 Å². The lowest BCUT2D eigenvalue weighted by Gasteiger charge is -2.34. The number of rotatable bonds is 4. The van der Waals surface area contributed by atoms with Gasteiger partial charge < -0.3 is 15.5 Å². The maximum absolute atomic E-state index is 14.8. The second-order valence-corrected chi connectivity index (χ2v) is 7.55. The molecule has 1 fully saturated rings. The SMILES string of the molecule is CC1C(=O)NCCN1C(=O)NC(c1ccc(C(C)(F)F)nc1)c1ccc(F)c(Cl)c1F. The Kier molecular flexibility index (Phi) is 6.40. The zero-order valence-electron chi connectivity index (χ0n) is 16.6. The molecule has 3 amide bonds. The largest absolute Gasteiger partial charge is 0.353 e. The Balaban J connectivity index is 2.00. The van der Waals surface area contributed by atoms with Crippen molar-refractivity contribution in [3.63, 3.8) is 0 Å². The molecule has 0 bridgehead atoms. The first-order chi connectivity index (χ1) is 14.5. The van der Waals surface area contributed by atoms with Gasteiger partial charge in [0.2, 0.25) is 5.91 Å². The zero-order chi connectivity index (χ0) is 22.9. The third-order valence-electron chi connectivity index (χ3n) is 4.97. The van der Waals surface area contributed by atoms with Crippen LogP contribution in [0.25, 0.3) is 0 Å². The van der Waals surface area contributed by atoms with Crippen molar-refractivity contribution in [3.05, 3.63) is 63.9 Å². The summed E-state index contributed by atoms with van der Waals surface area (Å²) in [6, 6.07) is 1.62. The van der Waals surface area contributed by atoms with Gasteiger partial charge in [-0.2, -0.15) is 8.78 Å². The van der Waals surface area contributed by atoms with Crippen molar-refractivity contribution < 1.29 is 27.2 Å². The highest BCUT2D eigenvalue weighted by Crippen LogP contribution is 2.31. The van der Waals surface area contributed by atoms with E-state index in [-0.39, 0.29) is 30.1 Å². The monoisotopic (exact) mass is 458 g/mol. The van der Waals surface area contributed by atoms with Crippen LogP contribution in [0.1, 0.15) is 36.7 Å². The summed E-state index contributed by atoms with van der Waals surface area (Å²) in [7, 11) is 0. The number of benzene rings is 1. The van der Waals surface area contributed by atoms with Crippen molar-refractivity contribution in [3.8, 4) is 0 Å². The Morgan fingerprint density at radius 3 is 2.65 bits per heavy atom. The molecule has 31 heavy (non-hydrogen) atoms. The van der Waals surface area contributed by atoms with Gasteiger partial charge in [0, 0.05) is 31.8 Å². The molecule has 2 N–H and O–H groups in total. The number of urea groups is 1. The Hall–Kier alpha value is -2.88. The topological polar surface area (TPSA) is 74.3 Å². The fourth-order valence-corrected chi connectivity index (χ4v) is 3.38. The van der Waals surface area contributed by atoms with Gasteiger partial charge in [0.1, 0.15) is 28.4 Å². The molecule has 1 aromatic heterocycles. The number of halogens is 5. The van der Waals surface area contributed by atoms with Crippen LogP contribution in [0.2, 0.25) is 5.02 Å². The smallest absolute Gasteiger partial charge is 0.318 e. The highest BCUT2D eigenvalue weighted by Gasteiger charge is 2.33. The highest BCUT2D eigenvalue weighted by molar-refractivity contribution is 6.31. The predicted molar refractivity (Wildman–Crippen MR) is 105 cm³/mol. The molecule has 0 radical (unpaired) electrons. The van der Waals surface area contributed by atoms with Crippen LogP contribution in [0.3, 0.4) is 0 Å². The van der Waals surface area contributed by atoms with Gasteiger partial charge >= 0.3 is 6.03 Å². The average molecular weight is 459 g/mol.